The summed E-state index contributed by atoms with van der Waals surface area (Å²) >= 11 is 6.62. The Morgan fingerprint density at radius 1 is 1.04 bits per heavy atom. The minimum Gasteiger partial charge on any atom is -0.308 e. The number of halogens is 1. The lowest BCUT2D eigenvalue weighted by molar-refractivity contribution is 0.102. The number of Topliss-reactive ketones (excluding diaryl/α,β-unsaturated/α-hetero) is 1. The quantitative estimate of drug-likeness (QED) is 0.336. The predicted molar refractivity (Wildman–Crippen MR) is 116 cm³/mol. The molecule has 4 nitrogen and oxygen atoms in total. The zero-order valence-electron chi connectivity index (χ0n) is 15.2. The van der Waals surface area contributed by atoms with Gasteiger partial charge in [-0.05, 0) is 24.6 Å². The molecule has 0 aliphatic carbocycles. The first-order valence-electron chi connectivity index (χ1n) is 8.46. The van der Waals surface area contributed by atoms with E-state index in [9.17, 15) is 4.79 Å². The van der Waals surface area contributed by atoms with Gasteiger partial charge in [0.2, 0.25) is 0 Å². The SMILES string of the molecule is Cc1ccc(CSCc2nnc(SCC(=O)c3ccc(Br)cc3)n2C)cc1. The summed E-state index contributed by atoms with van der Waals surface area (Å²) in [5.41, 5.74) is 3.29. The number of aromatic nitrogens is 3. The molecule has 0 unspecified atom stereocenters. The number of aryl methyl sites for hydroxylation is 1. The highest BCUT2D eigenvalue weighted by molar-refractivity contribution is 9.10. The molecule has 0 atom stereocenters. The average Bonchev–Trinajstić information content (AvgIpc) is 3.02. The molecule has 140 valence electrons. The van der Waals surface area contributed by atoms with Crippen molar-refractivity contribution in [3.05, 3.63) is 75.5 Å². The van der Waals surface area contributed by atoms with Crippen LogP contribution in [-0.2, 0) is 18.6 Å². The van der Waals surface area contributed by atoms with E-state index in [1.807, 2.05) is 47.6 Å². The van der Waals surface area contributed by atoms with Crippen LogP contribution in [0.25, 0.3) is 0 Å². The van der Waals surface area contributed by atoms with Crippen molar-refractivity contribution in [2.45, 2.75) is 23.6 Å². The smallest absolute Gasteiger partial charge is 0.191 e. The highest BCUT2D eigenvalue weighted by Crippen LogP contribution is 2.22. The number of nitrogens with zero attached hydrogens (tertiary/aromatic N) is 3. The van der Waals surface area contributed by atoms with Gasteiger partial charge in [0.25, 0.3) is 0 Å². The molecule has 27 heavy (non-hydrogen) atoms. The van der Waals surface area contributed by atoms with Gasteiger partial charge in [0.1, 0.15) is 5.82 Å². The Hall–Kier alpha value is -1.57. The van der Waals surface area contributed by atoms with Crippen molar-refractivity contribution in [2.75, 3.05) is 5.75 Å². The van der Waals surface area contributed by atoms with Crippen molar-refractivity contribution in [3.63, 3.8) is 0 Å². The molecule has 1 heterocycles. The number of carbonyl (C=O) groups excluding carboxylic acids is 1. The van der Waals surface area contributed by atoms with Gasteiger partial charge in [-0.2, -0.15) is 0 Å². The van der Waals surface area contributed by atoms with E-state index >= 15 is 0 Å². The number of benzene rings is 2. The van der Waals surface area contributed by atoms with Crippen LogP contribution < -0.4 is 0 Å². The van der Waals surface area contributed by atoms with E-state index in [1.165, 1.54) is 22.9 Å². The van der Waals surface area contributed by atoms with E-state index in [1.54, 1.807) is 0 Å². The Morgan fingerprint density at radius 2 is 1.74 bits per heavy atom. The van der Waals surface area contributed by atoms with Crippen molar-refractivity contribution in [1.29, 1.82) is 0 Å². The standard InChI is InChI=1S/C20H20BrN3OS2/c1-14-3-5-15(6-4-14)11-26-13-19-22-23-20(24(19)2)27-12-18(25)16-7-9-17(21)10-8-16/h3-10H,11-13H2,1-2H3. The molecular formula is C20H20BrN3OS2. The van der Waals surface area contributed by atoms with Crippen molar-refractivity contribution in [1.82, 2.24) is 14.8 Å². The molecule has 7 heteroatoms. The monoisotopic (exact) mass is 461 g/mol. The summed E-state index contributed by atoms with van der Waals surface area (Å²) in [6, 6.07) is 16.0. The third-order valence-electron chi connectivity index (χ3n) is 4.04. The van der Waals surface area contributed by atoms with Crippen LogP contribution in [0, 0.1) is 6.92 Å². The van der Waals surface area contributed by atoms with E-state index < -0.39 is 0 Å². The Bertz CT molecular complexity index is 908. The molecule has 2 aromatic carbocycles. The number of carbonyl (C=O) groups is 1. The topological polar surface area (TPSA) is 47.8 Å². The normalized spacial score (nSPS) is 10.9. The van der Waals surface area contributed by atoms with Crippen LogP contribution in [0.3, 0.4) is 0 Å². The molecule has 0 radical (unpaired) electrons. The fourth-order valence-electron chi connectivity index (χ4n) is 2.39. The second-order valence-corrected chi connectivity index (χ2v) is 9.00. The third kappa shape index (κ3) is 5.70. The molecule has 0 fully saturated rings. The molecule has 3 rings (SSSR count). The van der Waals surface area contributed by atoms with E-state index in [0.29, 0.717) is 11.3 Å². The molecule has 0 saturated heterocycles. The van der Waals surface area contributed by atoms with Crippen LogP contribution >= 0.6 is 39.5 Å². The second-order valence-electron chi connectivity index (χ2n) is 6.15. The summed E-state index contributed by atoms with van der Waals surface area (Å²) in [7, 11) is 1.95. The Labute approximate surface area is 176 Å². The first-order valence-corrected chi connectivity index (χ1v) is 11.4. The zero-order chi connectivity index (χ0) is 19.2. The maximum atomic E-state index is 12.3. The zero-order valence-corrected chi connectivity index (χ0v) is 18.4. The van der Waals surface area contributed by atoms with Gasteiger partial charge < -0.3 is 4.57 Å². The van der Waals surface area contributed by atoms with Gasteiger partial charge in [-0.3, -0.25) is 4.79 Å². The summed E-state index contributed by atoms with van der Waals surface area (Å²) in [6.07, 6.45) is 0. The Morgan fingerprint density at radius 3 is 2.44 bits per heavy atom. The highest BCUT2D eigenvalue weighted by atomic mass is 79.9. The lowest BCUT2D eigenvalue weighted by Crippen LogP contribution is -2.04. The number of ketones is 1. The van der Waals surface area contributed by atoms with Gasteiger partial charge in [-0.1, -0.05) is 69.7 Å². The minimum absolute atomic E-state index is 0.0887. The van der Waals surface area contributed by atoms with Gasteiger partial charge in [0.05, 0.1) is 11.5 Å². The molecule has 0 aliphatic heterocycles. The van der Waals surface area contributed by atoms with E-state index in [0.717, 1.165) is 27.0 Å². The molecular weight excluding hydrogens is 442 g/mol. The van der Waals surface area contributed by atoms with Crippen LogP contribution in [0.15, 0.2) is 58.2 Å². The Balaban J connectivity index is 1.51. The van der Waals surface area contributed by atoms with Crippen LogP contribution in [0.4, 0.5) is 0 Å². The summed E-state index contributed by atoms with van der Waals surface area (Å²) < 4.78 is 2.94. The average molecular weight is 462 g/mol. The first kappa shape index (κ1) is 20.2. The minimum atomic E-state index is 0.0887. The largest absolute Gasteiger partial charge is 0.308 e. The van der Waals surface area contributed by atoms with E-state index in [-0.39, 0.29) is 5.78 Å². The molecule has 3 aromatic rings. The predicted octanol–water partition coefficient (Wildman–Crippen LogP) is 5.29. The third-order valence-corrected chi connectivity index (χ3v) is 6.59. The summed E-state index contributed by atoms with van der Waals surface area (Å²) in [6.45, 7) is 2.09. The van der Waals surface area contributed by atoms with Gasteiger partial charge in [-0.15, -0.1) is 22.0 Å². The van der Waals surface area contributed by atoms with Crippen LogP contribution in [0.1, 0.15) is 27.3 Å². The van der Waals surface area contributed by atoms with Gasteiger partial charge >= 0.3 is 0 Å². The molecule has 0 saturated carbocycles. The summed E-state index contributed by atoms with van der Waals surface area (Å²) in [5, 5.41) is 9.28. The molecule has 0 N–H and O–H groups in total. The van der Waals surface area contributed by atoms with Crippen LogP contribution in [0.2, 0.25) is 0 Å². The molecule has 0 amide bonds. The summed E-state index contributed by atoms with van der Waals surface area (Å²) in [4.78, 5) is 12.3. The first-order chi connectivity index (χ1) is 13.0. The van der Waals surface area contributed by atoms with Gasteiger partial charge in [-0.25, -0.2) is 0 Å². The maximum Gasteiger partial charge on any atom is 0.191 e. The van der Waals surface area contributed by atoms with Crippen LogP contribution in [0.5, 0.6) is 0 Å². The fraction of sp³-hybridized carbons (Fsp3) is 0.250. The van der Waals surface area contributed by atoms with Gasteiger partial charge in [0.15, 0.2) is 10.9 Å². The molecule has 0 bridgehead atoms. The maximum absolute atomic E-state index is 12.3. The van der Waals surface area contributed by atoms with Crippen molar-refractivity contribution >= 4 is 45.2 Å². The lowest BCUT2D eigenvalue weighted by atomic mass is 10.2. The van der Waals surface area contributed by atoms with E-state index in [4.69, 9.17) is 0 Å². The van der Waals surface area contributed by atoms with Crippen molar-refractivity contribution in [3.8, 4) is 0 Å². The number of rotatable bonds is 8. The summed E-state index contributed by atoms with van der Waals surface area (Å²) in [5.74, 6) is 3.09. The Kier molecular flexibility index (Phi) is 7.15. The second kappa shape index (κ2) is 9.57. The fourth-order valence-corrected chi connectivity index (χ4v) is 4.44. The van der Waals surface area contributed by atoms with E-state index in [2.05, 4.69) is 57.3 Å². The number of thioether (sulfide) groups is 2. The molecule has 1 aromatic heterocycles. The number of hydrogen-bond acceptors (Lipinski definition) is 5. The number of hydrogen-bond donors (Lipinski definition) is 0. The van der Waals surface area contributed by atoms with Crippen molar-refractivity contribution < 1.29 is 4.79 Å². The van der Waals surface area contributed by atoms with Crippen LogP contribution in [-0.4, -0.2) is 26.3 Å². The highest BCUT2D eigenvalue weighted by Gasteiger charge is 2.12. The molecule has 0 aliphatic rings. The molecule has 0 spiro atoms. The van der Waals surface area contributed by atoms with Crippen molar-refractivity contribution in [2.24, 2.45) is 7.05 Å². The lowest BCUT2D eigenvalue weighted by Gasteiger charge is -2.05. The van der Waals surface area contributed by atoms with Gasteiger partial charge in [0, 0.05) is 22.8 Å².